The number of aromatic nitrogens is 2. The molecule has 0 aliphatic carbocycles. The van der Waals surface area contributed by atoms with E-state index in [1.54, 1.807) is 18.3 Å². The smallest absolute Gasteiger partial charge is 0.420 e. The average molecular weight is 551 g/mol. The molecule has 3 aromatic rings. The second kappa shape index (κ2) is 9.29. The summed E-state index contributed by atoms with van der Waals surface area (Å²) in [6.45, 7) is 4.05. The molecule has 5 rings (SSSR count). The highest BCUT2D eigenvalue weighted by molar-refractivity contribution is 7.91. The predicted molar refractivity (Wildman–Crippen MR) is 137 cm³/mol. The molecule has 3 heterocycles. The molecular formula is C25H25ClF2N4O4S. The van der Waals surface area contributed by atoms with Crippen LogP contribution in [0.3, 0.4) is 0 Å². The van der Waals surface area contributed by atoms with Gasteiger partial charge >= 0.3 is 5.57 Å². The quantitative estimate of drug-likeness (QED) is 0.419. The minimum Gasteiger partial charge on any atom is -0.420 e. The maximum Gasteiger partial charge on any atom is 0.487 e. The van der Waals surface area contributed by atoms with Crippen LogP contribution in [-0.2, 0) is 9.84 Å². The lowest BCUT2D eigenvalue weighted by atomic mass is 9.90. The molecule has 12 heteroatoms. The zero-order valence-electron chi connectivity index (χ0n) is 20.0. The summed E-state index contributed by atoms with van der Waals surface area (Å²) >= 11 is 4.80. The highest BCUT2D eigenvalue weighted by Gasteiger charge is 2.46. The van der Waals surface area contributed by atoms with E-state index in [2.05, 4.69) is 25.2 Å². The van der Waals surface area contributed by atoms with Gasteiger partial charge in [-0.3, -0.25) is 9.89 Å². The van der Waals surface area contributed by atoms with Gasteiger partial charge in [0, 0.05) is 46.6 Å². The third-order valence-electron chi connectivity index (χ3n) is 6.74. The van der Waals surface area contributed by atoms with E-state index in [1.165, 1.54) is 24.3 Å². The van der Waals surface area contributed by atoms with Crippen LogP contribution in [-0.4, -0.2) is 53.7 Å². The van der Waals surface area contributed by atoms with E-state index in [1.807, 2.05) is 19.9 Å². The third-order valence-corrected chi connectivity index (χ3v) is 8.52. The van der Waals surface area contributed by atoms with E-state index in [0.717, 1.165) is 16.8 Å². The molecule has 8 nitrogen and oxygen atoms in total. The van der Waals surface area contributed by atoms with Crippen LogP contribution in [0.2, 0.25) is 0 Å². The Bertz CT molecular complexity index is 1420. The van der Waals surface area contributed by atoms with Crippen LogP contribution in [0, 0.1) is 0 Å². The van der Waals surface area contributed by atoms with E-state index in [4.69, 9.17) is 11.6 Å². The number of anilines is 2. The fourth-order valence-electron chi connectivity index (χ4n) is 5.32. The molecule has 1 fully saturated rings. The minimum atomic E-state index is -3.83. The number of ether oxygens (including phenoxy) is 1. The van der Waals surface area contributed by atoms with Gasteiger partial charge in [0.25, 0.3) is 5.91 Å². The van der Waals surface area contributed by atoms with E-state index >= 15 is 0 Å². The molecule has 1 amide bonds. The summed E-state index contributed by atoms with van der Waals surface area (Å²) in [6, 6.07) is 10.6. The molecule has 37 heavy (non-hydrogen) atoms. The number of rotatable bonds is 6. The van der Waals surface area contributed by atoms with Gasteiger partial charge in [-0.1, -0.05) is 0 Å². The lowest BCUT2D eigenvalue weighted by molar-refractivity contribution is -0.0964. The van der Waals surface area contributed by atoms with Crippen molar-refractivity contribution in [3.8, 4) is 17.0 Å². The topological polar surface area (TPSA) is 104 Å². The number of hydrogen-bond donors (Lipinski definition) is 2. The van der Waals surface area contributed by atoms with Gasteiger partial charge in [0.05, 0.1) is 28.9 Å². The molecule has 2 aliphatic heterocycles. The number of halogens is 3. The number of H-pyrrole nitrogens is 1. The zero-order chi connectivity index (χ0) is 26.5. The lowest BCUT2D eigenvalue weighted by Gasteiger charge is -2.36. The molecule has 0 radical (unpaired) electrons. The van der Waals surface area contributed by atoms with Crippen LogP contribution < -0.4 is 15.0 Å². The highest BCUT2D eigenvalue weighted by atomic mass is 35.5. The zero-order valence-corrected chi connectivity index (χ0v) is 21.6. The van der Waals surface area contributed by atoms with Crippen LogP contribution in [0.4, 0.5) is 20.2 Å². The van der Waals surface area contributed by atoms with Gasteiger partial charge in [-0.05, 0) is 68.3 Å². The summed E-state index contributed by atoms with van der Waals surface area (Å²) in [4.78, 5) is 15.5. The largest absolute Gasteiger partial charge is 0.487 e. The Morgan fingerprint density at radius 2 is 1.97 bits per heavy atom. The standard InChI is InChI=1S/C25H25ClF2N4O4S/c1-14(2)32-22-13-37(34,35)10-8-18(22)19-11-15(12-20(23(19)32)21-7-9-29-31-21)24(33)30-16-3-5-17(6-4-16)36-25(26,27)28/h3-7,9,11-12,14,18,22H,8,10,13H2,1-2H3,(H,29,31)(H,30,33). The van der Waals surface area contributed by atoms with Crippen molar-refractivity contribution in [2.45, 2.75) is 43.8 Å². The van der Waals surface area contributed by atoms with Gasteiger partial charge in [-0.2, -0.15) is 5.10 Å². The summed E-state index contributed by atoms with van der Waals surface area (Å²) < 4.78 is 55.1. The number of hydrogen-bond acceptors (Lipinski definition) is 6. The van der Waals surface area contributed by atoms with E-state index in [9.17, 15) is 22.0 Å². The second-order valence-corrected chi connectivity index (χ2v) is 12.2. The van der Waals surface area contributed by atoms with Gasteiger partial charge in [0.15, 0.2) is 9.84 Å². The molecule has 0 bridgehead atoms. The maximum absolute atomic E-state index is 13.3. The van der Waals surface area contributed by atoms with Crippen LogP contribution in [0.15, 0.2) is 48.7 Å². The fraction of sp³-hybridized carbons (Fsp3) is 0.360. The number of alkyl halides is 3. The van der Waals surface area contributed by atoms with Gasteiger partial charge in [0.1, 0.15) is 5.75 Å². The normalized spacial score (nSPS) is 20.4. The first kappa shape index (κ1) is 25.5. The van der Waals surface area contributed by atoms with Crippen molar-refractivity contribution in [3.05, 3.63) is 59.8 Å². The lowest BCUT2D eigenvalue weighted by Crippen LogP contribution is -2.47. The monoisotopic (exact) mass is 550 g/mol. The van der Waals surface area contributed by atoms with Crippen molar-refractivity contribution in [3.63, 3.8) is 0 Å². The van der Waals surface area contributed by atoms with Crippen LogP contribution >= 0.6 is 11.6 Å². The Morgan fingerprint density at radius 3 is 2.59 bits per heavy atom. The molecule has 1 aromatic heterocycles. The van der Waals surface area contributed by atoms with Crippen molar-refractivity contribution in [2.24, 2.45) is 0 Å². The molecule has 2 aliphatic rings. The number of sulfone groups is 1. The van der Waals surface area contributed by atoms with E-state index < -0.39 is 21.3 Å². The first-order valence-corrected chi connectivity index (χ1v) is 14.0. The SMILES string of the molecule is CC(C)N1c2c(-c3ccn[nH]3)cc(C(=O)Nc3ccc(OC(F)(F)Cl)cc3)cc2C2CCS(=O)(=O)CC21. The molecule has 0 saturated carbocycles. The van der Waals surface area contributed by atoms with Crippen molar-refractivity contribution in [1.82, 2.24) is 10.2 Å². The van der Waals surface area contributed by atoms with Crippen molar-refractivity contribution >= 4 is 38.7 Å². The molecule has 2 unspecified atom stereocenters. The number of aromatic amines is 1. The summed E-state index contributed by atoms with van der Waals surface area (Å²) in [6.07, 6.45) is 2.10. The van der Waals surface area contributed by atoms with Gasteiger partial charge < -0.3 is 15.0 Å². The average Bonchev–Trinajstić information content (AvgIpc) is 3.44. The van der Waals surface area contributed by atoms with Crippen molar-refractivity contribution in [1.29, 1.82) is 0 Å². The molecule has 2 aromatic carbocycles. The number of fused-ring (bicyclic) bond motifs is 3. The Kier molecular flexibility index (Phi) is 6.39. The maximum atomic E-state index is 13.3. The summed E-state index contributed by atoms with van der Waals surface area (Å²) in [5, 5.41) is 9.82. The number of amides is 1. The van der Waals surface area contributed by atoms with Gasteiger partial charge in [0.2, 0.25) is 0 Å². The Morgan fingerprint density at radius 1 is 1.24 bits per heavy atom. The number of nitrogens with zero attached hydrogens (tertiary/aromatic N) is 2. The fourth-order valence-corrected chi connectivity index (χ4v) is 7.10. The van der Waals surface area contributed by atoms with Crippen LogP contribution in [0.1, 0.15) is 42.1 Å². The molecule has 2 N–H and O–H groups in total. The molecule has 2 atom stereocenters. The Labute approximate surface area is 217 Å². The summed E-state index contributed by atoms with van der Waals surface area (Å²) in [5.41, 5.74) is 0.233. The number of nitrogens with one attached hydrogen (secondary N) is 2. The van der Waals surface area contributed by atoms with Crippen LogP contribution in [0.25, 0.3) is 11.3 Å². The second-order valence-electron chi connectivity index (χ2n) is 9.54. The highest BCUT2D eigenvalue weighted by Crippen LogP contribution is 2.51. The predicted octanol–water partition coefficient (Wildman–Crippen LogP) is 5.00. The molecule has 1 saturated heterocycles. The molecular weight excluding hydrogens is 526 g/mol. The molecule has 0 spiro atoms. The molecule has 196 valence electrons. The first-order valence-electron chi connectivity index (χ1n) is 11.8. The first-order chi connectivity index (χ1) is 17.4. The number of benzene rings is 2. The summed E-state index contributed by atoms with van der Waals surface area (Å²) in [7, 11) is -3.18. The Balaban J connectivity index is 1.52. The third kappa shape index (κ3) is 5.15. The Hall–Kier alpha value is -3.18. The summed E-state index contributed by atoms with van der Waals surface area (Å²) in [5.74, 6) is -0.425. The minimum absolute atomic E-state index is 0.0319. The van der Waals surface area contributed by atoms with E-state index in [0.29, 0.717) is 23.4 Å². The van der Waals surface area contributed by atoms with Crippen molar-refractivity contribution in [2.75, 3.05) is 21.7 Å². The van der Waals surface area contributed by atoms with Crippen LogP contribution in [0.5, 0.6) is 5.75 Å². The van der Waals surface area contributed by atoms with Crippen molar-refractivity contribution < 1.29 is 26.7 Å². The van der Waals surface area contributed by atoms with Gasteiger partial charge in [-0.25, -0.2) is 8.42 Å². The number of carbonyl (C=O) groups excluding carboxylic acids is 1. The number of carbonyl (C=O) groups is 1. The van der Waals surface area contributed by atoms with Gasteiger partial charge in [-0.15, -0.1) is 8.78 Å². The van der Waals surface area contributed by atoms with E-state index in [-0.39, 0.29) is 35.3 Å².